The lowest BCUT2D eigenvalue weighted by Gasteiger charge is -2.13. The van der Waals surface area contributed by atoms with E-state index in [0.717, 1.165) is 0 Å². The van der Waals surface area contributed by atoms with Gasteiger partial charge in [-0.1, -0.05) is 18.2 Å². The molecule has 1 atom stereocenters. The zero-order valence-electron chi connectivity index (χ0n) is 9.27. The van der Waals surface area contributed by atoms with Crippen LogP contribution >= 0.6 is 0 Å². The summed E-state index contributed by atoms with van der Waals surface area (Å²) in [5, 5.41) is 2.70. The number of carbonyl (C=O) groups is 1. The average Bonchev–Trinajstić information content (AvgIpc) is 2.30. The van der Waals surface area contributed by atoms with Crippen molar-refractivity contribution in [2.75, 3.05) is 6.54 Å². The second kappa shape index (κ2) is 6.52. The Bertz CT molecular complexity index is 367. The first-order valence-corrected chi connectivity index (χ1v) is 5.17. The number of nitrogens with one attached hydrogen (secondary N) is 1. The first-order chi connectivity index (χ1) is 7.74. The highest BCUT2D eigenvalue weighted by Gasteiger charge is 2.13. The molecule has 0 aromatic heterocycles. The Morgan fingerprint density at radius 3 is 2.81 bits per heavy atom. The van der Waals surface area contributed by atoms with Crippen molar-refractivity contribution >= 4 is 5.91 Å². The lowest BCUT2D eigenvalue weighted by molar-refractivity contribution is -0.127. The Morgan fingerprint density at radius 1 is 1.50 bits per heavy atom. The molecule has 0 saturated carbocycles. The minimum Gasteiger partial charge on any atom is -0.481 e. The fraction of sp³-hybridized carbons (Fsp3) is 0.308. The normalized spacial score (nSPS) is 11.2. The monoisotopic (exact) mass is 217 g/mol. The molecule has 1 aromatic carbocycles. The van der Waals surface area contributed by atoms with Crippen molar-refractivity contribution in [3.63, 3.8) is 0 Å². The van der Waals surface area contributed by atoms with Crippen LogP contribution < -0.4 is 10.1 Å². The van der Waals surface area contributed by atoms with Crippen LogP contribution in [-0.4, -0.2) is 18.6 Å². The number of carbonyl (C=O) groups excluding carboxylic acids is 1. The number of para-hydroxylation sites is 1. The Morgan fingerprint density at radius 2 is 2.19 bits per heavy atom. The van der Waals surface area contributed by atoms with E-state index >= 15 is 0 Å². The van der Waals surface area contributed by atoms with Crippen LogP contribution in [0.5, 0.6) is 5.75 Å². The summed E-state index contributed by atoms with van der Waals surface area (Å²) in [6.45, 7) is 2.19. The minimum absolute atomic E-state index is 0.154. The van der Waals surface area contributed by atoms with E-state index in [1.54, 1.807) is 6.92 Å². The Kier molecular flexibility index (Phi) is 4.94. The molecule has 1 rings (SSSR count). The third-order valence-electron chi connectivity index (χ3n) is 1.99. The van der Waals surface area contributed by atoms with Crippen molar-refractivity contribution in [3.05, 3.63) is 30.3 Å². The van der Waals surface area contributed by atoms with Crippen LogP contribution in [0, 0.1) is 12.3 Å². The molecule has 3 heteroatoms. The van der Waals surface area contributed by atoms with Gasteiger partial charge in [-0.05, 0) is 19.1 Å². The van der Waals surface area contributed by atoms with Crippen LogP contribution in [0.25, 0.3) is 0 Å². The van der Waals surface area contributed by atoms with Gasteiger partial charge < -0.3 is 10.1 Å². The molecular formula is C13H15NO2. The van der Waals surface area contributed by atoms with E-state index in [1.165, 1.54) is 0 Å². The summed E-state index contributed by atoms with van der Waals surface area (Å²) in [5.41, 5.74) is 0. The Hall–Kier alpha value is -1.95. The van der Waals surface area contributed by atoms with E-state index < -0.39 is 6.10 Å². The highest BCUT2D eigenvalue weighted by Crippen LogP contribution is 2.10. The quantitative estimate of drug-likeness (QED) is 0.601. The molecular weight excluding hydrogens is 202 g/mol. The van der Waals surface area contributed by atoms with Crippen molar-refractivity contribution in [2.24, 2.45) is 0 Å². The van der Waals surface area contributed by atoms with E-state index in [-0.39, 0.29) is 5.91 Å². The van der Waals surface area contributed by atoms with Crippen molar-refractivity contribution in [2.45, 2.75) is 19.4 Å². The summed E-state index contributed by atoms with van der Waals surface area (Å²) in [6, 6.07) is 9.23. The maximum Gasteiger partial charge on any atom is 0.260 e. The van der Waals surface area contributed by atoms with Crippen LogP contribution in [0.15, 0.2) is 30.3 Å². The summed E-state index contributed by atoms with van der Waals surface area (Å²) in [7, 11) is 0. The van der Waals surface area contributed by atoms with Crippen LogP contribution in [0.1, 0.15) is 13.3 Å². The van der Waals surface area contributed by atoms with Gasteiger partial charge in [0.15, 0.2) is 6.10 Å². The van der Waals surface area contributed by atoms with Crippen molar-refractivity contribution in [1.82, 2.24) is 5.32 Å². The molecule has 0 fully saturated rings. The molecule has 84 valence electrons. The lowest BCUT2D eigenvalue weighted by atomic mass is 10.3. The third kappa shape index (κ3) is 4.05. The van der Waals surface area contributed by atoms with Crippen molar-refractivity contribution < 1.29 is 9.53 Å². The molecule has 0 heterocycles. The number of rotatable bonds is 5. The molecule has 1 amide bonds. The van der Waals surface area contributed by atoms with Crippen molar-refractivity contribution in [1.29, 1.82) is 0 Å². The van der Waals surface area contributed by atoms with E-state index in [2.05, 4.69) is 11.2 Å². The SMILES string of the molecule is C#CCCNC(=O)C(C)Oc1ccccc1. The largest absolute Gasteiger partial charge is 0.481 e. The van der Waals surface area contributed by atoms with Gasteiger partial charge in [0, 0.05) is 13.0 Å². The molecule has 0 spiro atoms. The molecule has 0 saturated heterocycles. The molecule has 0 aliphatic heterocycles. The summed E-state index contributed by atoms with van der Waals surface area (Å²) < 4.78 is 5.44. The summed E-state index contributed by atoms with van der Waals surface area (Å²) >= 11 is 0. The van der Waals surface area contributed by atoms with Crippen molar-refractivity contribution in [3.8, 4) is 18.1 Å². The van der Waals surface area contributed by atoms with E-state index in [0.29, 0.717) is 18.7 Å². The molecule has 0 aliphatic carbocycles. The van der Waals surface area contributed by atoms with Gasteiger partial charge in [0.05, 0.1) is 0 Å². The van der Waals surface area contributed by atoms with Gasteiger partial charge in [-0.3, -0.25) is 4.79 Å². The number of ether oxygens (including phenoxy) is 1. The fourth-order valence-corrected chi connectivity index (χ4v) is 1.16. The summed E-state index contributed by atoms with van der Waals surface area (Å²) in [6.07, 6.45) is 5.10. The molecule has 1 N–H and O–H groups in total. The van der Waals surface area contributed by atoms with E-state index in [1.807, 2.05) is 30.3 Å². The van der Waals surface area contributed by atoms with Gasteiger partial charge >= 0.3 is 0 Å². The Labute approximate surface area is 95.8 Å². The lowest BCUT2D eigenvalue weighted by Crippen LogP contribution is -2.36. The number of amides is 1. The molecule has 1 aromatic rings. The molecule has 0 bridgehead atoms. The maximum atomic E-state index is 11.5. The molecule has 3 nitrogen and oxygen atoms in total. The maximum absolute atomic E-state index is 11.5. The van der Waals surface area contributed by atoms with Gasteiger partial charge in [-0.25, -0.2) is 0 Å². The Balaban J connectivity index is 2.38. The van der Waals surface area contributed by atoms with Crippen LogP contribution in [-0.2, 0) is 4.79 Å². The zero-order chi connectivity index (χ0) is 11.8. The van der Waals surface area contributed by atoms with E-state index in [4.69, 9.17) is 11.2 Å². The second-order valence-electron chi connectivity index (χ2n) is 3.32. The fourth-order valence-electron chi connectivity index (χ4n) is 1.16. The molecule has 0 aliphatic rings. The predicted molar refractivity (Wildman–Crippen MR) is 63.0 cm³/mol. The predicted octanol–water partition coefficient (Wildman–Crippen LogP) is 1.59. The third-order valence-corrected chi connectivity index (χ3v) is 1.99. The van der Waals surface area contributed by atoms with E-state index in [9.17, 15) is 4.79 Å². The zero-order valence-corrected chi connectivity index (χ0v) is 9.27. The van der Waals surface area contributed by atoms with Crippen LogP contribution in [0.3, 0.4) is 0 Å². The number of hydrogen-bond donors (Lipinski definition) is 1. The molecule has 16 heavy (non-hydrogen) atoms. The van der Waals surface area contributed by atoms with Gasteiger partial charge in [0.1, 0.15) is 5.75 Å². The summed E-state index contributed by atoms with van der Waals surface area (Å²) in [5.74, 6) is 2.99. The van der Waals surface area contributed by atoms with Gasteiger partial charge in [0.2, 0.25) is 0 Å². The smallest absolute Gasteiger partial charge is 0.260 e. The topological polar surface area (TPSA) is 38.3 Å². The first-order valence-electron chi connectivity index (χ1n) is 5.17. The van der Waals surface area contributed by atoms with Crippen LogP contribution in [0.4, 0.5) is 0 Å². The van der Waals surface area contributed by atoms with Gasteiger partial charge in [0.25, 0.3) is 5.91 Å². The molecule has 1 unspecified atom stereocenters. The van der Waals surface area contributed by atoms with Crippen LogP contribution in [0.2, 0.25) is 0 Å². The standard InChI is InChI=1S/C13H15NO2/c1-3-4-10-14-13(15)11(2)16-12-8-6-5-7-9-12/h1,5-9,11H,4,10H2,2H3,(H,14,15). The summed E-state index contributed by atoms with van der Waals surface area (Å²) in [4.78, 5) is 11.5. The first kappa shape index (κ1) is 12.1. The number of benzene rings is 1. The highest BCUT2D eigenvalue weighted by molar-refractivity contribution is 5.80. The number of hydrogen-bond acceptors (Lipinski definition) is 2. The minimum atomic E-state index is -0.514. The van der Waals surface area contributed by atoms with Gasteiger partial charge in [-0.2, -0.15) is 0 Å². The molecule has 0 radical (unpaired) electrons. The second-order valence-corrected chi connectivity index (χ2v) is 3.32. The highest BCUT2D eigenvalue weighted by atomic mass is 16.5. The average molecular weight is 217 g/mol. The van der Waals surface area contributed by atoms with Gasteiger partial charge in [-0.15, -0.1) is 12.3 Å². The number of terminal acetylenes is 1.